The fourth-order valence-corrected chi connectivity index (χ4v) is 2.53. The van der Waals surface area contributed by atoms with Gasteiger partial charge in [0.1, 0.15) is 10.6 Å². The maximum Gasteiger partial charge on any atom is 0.300 e. The van der Waals surface area contributed by atoms with E-state index < -0.39 is 10.8 Å². The van der Waals surface area contributed by atoms with Gasteiger partial charge in [-0.15, -0.1) is 0 Å². The SMILES string of the molecule is CCC(CC)C(C)NC(=O)c1cccc(Cl)c1[N+](=O)[O-]. The van der Waals surface area contributed by atoms with Gasteiger partial charge in [-0.2, -0.15) is 0 Å². The normalized spacial score (nSPS) is 12.2. The smallest absolute Gasteiger partial charge is 0.300 e. The Morgan fingerprint density at radius 1 is 1.40 bits per heavy atom. The number of hydrogen-bond acceptors (Lipinski definition) is 3. The second kappa shape index (κ2) is 7.24. The summed E-state index contributed by atoms with van der Waals surface area (Å²) in [6, 6.07) is 4.31. The van der Waals surface area contributed by atoms with Crippen LogP contribution in [-0.4, -0.2) is 16.9 Å². The Hall–Kier alpha value is -1.62. The summed E-state index contributed by atoms with van der Waals surface area (Å²) in [6.07, 6.45) is 1.88. The van der Waals surface area contributed by atoms with Crippen LogP contribution in [0.4, 0.5) is 5.69 Å². The van der Waals surface area contributed by atoms with Crippen molar-refractivity contribution in [3.8, 4) is 0 Å². The van der Waals surface area contributed by atoms with E-state index in [1.165, 1.54) is 18.2 Å². The Labute approximate surface area is 123 Å². The van der Waals surface area contributed by atoms with Gasteiger partial charge in [-0.1, -0.05) is 44.4 Å². The third-order valence-electron chi connectivity index (χ3n) is 3.53. The number of amides is 1. The van der Waals surface area contributed by atoms with Crippen molar-refractivity contribution in [1.82, 2.24) is 5.32 Å². The molecule has 0 spiro atoms. The molecule has 1 amide bonds. The van der Waals surface area contributed by atoms with Gasteiger partial charge in [0.2, 0.25) is 0 Å². The lowest BCUT2D eigenvalue weighted by Crippen LogP contribution is -2.38. The molecule has 0 aliphatic heterocycles. The van der Waals surface area contributed by atoms with Crippen molar-refractivity contribution < 1.29 is 9.72 Å². The van der Waals surface area contributed by atoms with Crippen LogP contribution in [0.2, 0.25) is 5.02 Å². The Morgan fingerprint density at radius 2 is 2.00 bits per heavy atom. The first kappa shape index (κ1) is 16.4. The van der Waals surface area contributed by atoms with Crippen LogP contribution < -0.4 is 5.32 Å². The van der Waals surface area contributed by atoms with Crippen molar-refractivity contribution in [3.05, 3.63) is 38.9 Å². The summed E-state index contributed by atoms with van der Waals surface area (Å²) in [4.78, 5) is 22.6. The molecular formula is C14H19ClN2O3. The summed E-state index contributed by atoms with van der Waals surface area (Å²) < 4.78 is 0. The van der Waals surface area contributed by atoms with Crippen LogP contribution in [0.3, 0.4) is 0 Å². The van der Waals surface area contributed by atoms with E-state index in [4.69, 9.17) is 11.6 Å². The zero-order valence-electron chi connectivity index (χ0n) is 11.9. The van der Waals surface area contributed by atoms with Crippen molar-refractivity contribution in [2.45, 2.75) is 39.7 Å². The third-order valence-corrected chi connectivity index (χ3v) is 3.83. The van der Waals surface area contributed by atoms with Crippen LogP contribution >= 0.6 is 11.6 Å². The topological polar surface area (TPSA) is 72.2 Å². The Kier molecular flexibility index (Phi) is 5.95. The number of rotatable bonds is 6. The minimum Gasteiger partial charge on any atom is -0.349 e. The van der Waals surface area contributed by atoms with E-state index in [2.05, 4.69) is 19.2 Å². The van der Waals surface area contributed by atoms with Crippen LogP contribution in [0.5, 0.6) is 0 Å². The molecule has 0 fully saturated rings. The van der Waals surface area contributed by atoms with Crippen molar-refractivity contribution in [3.63, 3.8) is 0 Å². The quantitative estimate of drug-likeness (QED) is 0.641. The first-order valence-electron chi connectivity index (χ1n) is 6.66. The third kappa shape index (κ3) is 3.70. The predicted octanol–water partition coefficient (Wildman–Crippen LogP) is 3.80. The zero-order chi connectivity index (χ0) is 15.3. The monoisotopic (exact) mass is 298 g/mol. The number of nitro benzene ring substituents is 1. The fourth-order valence-electron chi connectivity index (χ4n) is 2.28. The number of benzene rings is 1. The molecule has 0 bridgehead atoms. The number of nitrogens with zero attached hydrogens (tertiary/aromatic N) is 1. The molecule has 0 heterocycles. The van der Waals surface area contributed by atoms with Crippen molar-refractivity contribution in [1.29, 1.82) is 0 Å². The molecule has 0 radical (unpaired) electrons. The van der Waals surface area contributed by atoms with Gasteiger partial charge in [0, 0.05) is 6.04 Å². The molecule has 0 aliphatic carbocycles. The van der Waals surface area contributed by atoms with Gasteiger partial charge in [0.25, 0.3) is 5.91 Å². The van der Waals surface area contributed by atoms with Crippen LogP contribution in [0.25, 0.3) is 0 Å². The zero-order valence-corrected chi connectivity index (χ0v) is 12.6. The van der Waals surface area contributed by atoms with E-state index in [0.29, 0.717) is 5.92 Å². The highest BCUT2D eigenvalue weighted by atomic mass is 35.5. The number of halogens is 1. The predicted molar refractivity (Wildman–Crippen MR) is 79.1 cm³/mol. The molecule has 1 N–H and O–H groups in total. The van der Waals surface area contributed by atoms with E-state index in [0.717, 1.165) is 12.8 Å². The maximum absolute atomic E-state index is 12.2. The first-order chi connectivity index (χ1) is 9.42. The number of nitro groups is 1. The van der Waals surface area contributed by atoms with Crippen LogP contribution in [0.15, 0.2) is 18.2 Å². The van der Waals surface area contributed by atoms with Gasteiger partial charge in [0.15, 0.2) is 0 Å². The minimum atomic E-state index is -0.626. The maximum atomic E-state index is 12.2. The van der Waals surface area contributed by atoms with Gasteiger partial charge < -0.3 is 5.32 Å². The second-order valence-electron chi connectivity index (χ2n) is 4.73. The highest BCUT2D eigenvalue weighted by Crippen LogP contribution is 2.28. The second-order valence-corrected chi connectivity index (χ2v) is 5.14. The molecule has 1 rings (SSSR count). The molecule has 0 saturated carbocycles. The molecule has 1 aromatic carbocycles. The number of hydrogen-bond donors (Lipinski definition) is 1. The van der Waals surface area contributed by atoms with E-state index in [1.807, 2.05) is 6.92 Å². The average molecular weight is 299 g/mol. The Morgan fingerprint density at radius 3 is 2.50 bits per heavy atom. The van der Waals surface area contributed by atoms with Gasteiger partial charge in [-0.3, -0.25) is 14.9 Å². The van der Waals surface area contributed by atoms with Crippen LogP contribution in [0, 0.1) is 16.0 Å². The molecule has 1 aromatic rings. The van der Waals surface area contributed by atoms with E-state index in [-0.39, 0.29) is 22.3 Å². The van der Waals surface area contributed by atoms with Crippen LogP contribution in [0.1, 0.15) is 44.0 Å². The molecule has 0 aliphatic rings. The molecule has 1 unspecified atom stereocenters. The van der Waals surface area contributed by atoms with E-state index in [9.17, 15) is 14.9 Å². The minimum absolute atomic E-state index is 0.000283. The van der Waals surface area contributed by atoms with Crippen molar-refractivity contribution >= 4 is 23.2 Å². The number of carbonyl (C=O) groups is 1. The average Bonchev–Trinajstić information content (AvgIpc) is 2.39. The summed E-state index contributed by atoms with van der Waals surface area (Å²) in [7, 11) is 0. The molecule has 0 saturated heterocycles. The molecule has 20 heavy (non-hydrogen) atoms. The lowest BCUT2D eigenvalue weighted by Gasteiger charge is -2.22. The summed E-state index contributed by atoms with van der Waals surface area (Å²) in [5.74, 6) is -0.115. The van der Waals surface area contributed by atoms with Crippen molar-refractivity contribution in [2.75, 3.05) is 0 Å². The Balaban J connectivity index is 2.99. The largest absolute Gasteiger partial charge is 0.349 e. The van der Waals surface area contributed by atoms with E-state index in [1.54, 1.807) is 0 Å². The molecule has 0 aromatic heterocycles. The molecule has 6 heteroatoms. The summed E-state index contributed by atoms with van der Waals surface area (Å²) in [6.45, 7) is 6.02. The molecule has 1 atom stereocenters. The first-order valence-corrected chi connectivity index (χ1v) is 7.03. The molecule has 5 nitrogen and oxygen atoms in total. The highest BCUT2D eigenvalue weighted by molar-refractivity contribution is 6.33. The summed E-state index contributed by atoms with van der Waals surface area (Å²) in [5.41, 5.74) is -0.344. The summed E-state index contributed by atoms with van der Waals surface area (Å²) >= 11 is 5.80. The van der Waals surface area contributed by atoms with E-state index >= 15 is 0 Å². The fraction of sp³-hybridized carbons (Fsp3) is 0.500. The molecular weight excluding hydrogens is 280 g/mol. The van der Waals surface area contributed by atoms with Gasteiger partial charge in [-0.25, -0.2) is 0 Å². The van der Waals surface area contributed by atoms with Gasteiger partial charge >= 0.3 is 5.69 Å². The number of nitrogens with one attached hydrogen (secondary N) is 1. The van der Waals surface area contributed by atoms with Crippen LogP contribution in [-0.2, 0) is 0 Å². The standard InChI is InChI=1S/C14H19ClN2O3/c1-4-10(5-2)9(3)16-14(18)11-7-6-8-12(15)13(11)17(19)20/h6-10H,4-5H2,1-3H3,(H,16,18). The Bertz CT molecular complexity index is 501. The highest BCUT2D eigenvalue weighted by Gasteiger charge is 2.25. The molecule has 110 valence electrons. The summed E-state index contributed by atoms with van der Waals surface area (Å²) in [5, 5.41) is 13.8. The van der Waals surface area contributed by atoms with Gasteiger partial charge in [-0.05, 0) is 25.0 Å². The number of carbonyl (C=O) groups excluding carboxylic acids is 1. The lowest BCUT2D eigenvalue weighted by molar-refractivity contribution is -0.385. The lowest BCUT2D eigenvalue weighted by atomic mass is 9.95. The number of para-hydroxylation sites is 1. The van der Waals surface area contributed by atoms with Gasteiger partial charge in [0.05, 0.1) is 4.92 Å². The van der Waals surface area contributed by atoms with Crippen molar-refractivity contribution in [2.24, 2.45) is 5.92 Å².